The lowest BCUT2D eigenvalue weighted by Gasteiger charge is -2.10. The predicted molar refractivity (Wildman–Crippen MR) is 68.8 cm³/mol. The summed E-state index contributed by atoms with van der Waals surface area (Å²) in [6.45, 7) is 0. The Morgan fingerprint density at radius 3 is 2.94 bits per heavy atom. The van der Waals surface area contributed by atoms with Crippen molar-refractivity contribution in [3.05, 3.63) is 28.3 Å². The fourth-order valence-corrected chi connectivity index (χ4v) is 2.93. The van der Waals surface area contributed by atoms with Crippen molar-refractivity contribution in [2.45, 2.75) is 6.42 Å². The zero-order valence-electron chi connectivity index (χ0n) is 9.46. The maximum Gasteiger partial charge on any atom is 0.271 e. The normalized spacial score (nSPS) is 18.6. The first-order chi connectivity index (χ1) is 8.58. The zero-order chi connectivity index (χ0) is 13.1. The molecule has 1 aromatic carbocycles. The molecule has 6 nitrogen and oxygen atoms in total. The first-order valence-electron chi connectivity index (χ1n) is 5.44. The van der Waals surface area contributed by atoms with E-state index in [1.54, 1.807) is 11.8 Å². The number of nitrogens with zero attached hydrogens (tertiary/aromatic N) is 1. The second kappa shape index (κ2) is 5.26. The Morgan fingerprint density at radius 1 is 1.56 bits per heavy atom. The molecule has 1 fully saturated rings. The fourth-order valence-electron chi connectivity index (χ4n) is 1.71. The zero-order valence-corrected chi connectivity index (χ0v) is 10.3. The fraction of sp³-hybridized carbons (Fsp3) is 0.364. The van der Waals surface area contributed by atoms with Gasteiger partial charge in [-0.1, -0.05) is 0 Å². The monoisotopic (exact) mass is 268 g/mol. The van der Waals surface area contributed by atoms with Crippen LogP contribution in [0.4, 0.5) is 11.4 Å². The third-order valence-electron chi connectivity index (χ3n) is 2.75. The lowest BCUT2D eigenvalue weighted by molar-refractivity contribution is -0.384. The van der Waals surface area contributed by atoms with Gasteiger partial charge in [0, 0.05) is 23.8 Å². The van der Waals surface area contributed by atoms with Crippen molar-refractivity contribution in [2.24, 2.45) is 5.92 Å². The van der Waals surface area contributed by atoms with Crippen molar-refractivity contribution in [1.82, 2.24) is 0 Å². The smallest absolute Gasteiger partial charge is 0.271 e. The summed E-state index contributed by atoms with van der Waals surface area (Å²) in [4.78, 5) is 21.9. The van der Waals surface area contributed by atoms with E-state index in [-0.39, 0.29) is 28.9 Å². The Bertz CT molecular complexity index is 486. The van der Waals surface area contributed by atoms with Gasteiger partial charge < -0.3 is 10.4 Å². The average Bonchev–Trinajstić information content (AvgIpc) is 2.85. The first kappa shape index (κ1) is 12.7. The predicted octanol–water partition coefficient (Wildman–Crippen LogP) is 1.99. The lowest BCUT2D eigenvalue weighted by Crippen LogP contribution is -2.22. The molecule has 1 saturated heterocycles. The minimum Gasteiger partial charge on any atom is -0.506 e. The van der Waals surface area contributed by atoms with Gasteiger partial charge in [0.1, 0.15) is 5.75 Å². The van der Waals surface area contributed by atoms with Gasteiger partial charge >= 0.3 is 0 Å². The molecule has 7 heteroatoms. The summed E-state index contributed by atoms with van der Waals surface area (Å²) in [6.07, 6.45) is 0.798. The number of hydrogen-bond donors (Lipinski definition) is 2. The number of rotatable bonds is 3. The van der Waals surface area contributed by atoms with Crippen LogP contribution in [0.5, 0.6) is 5.75 Å². The maximum absolute atomic E-state index is 11.8. The highest BCUT2D eigenvalue weighted by Gasteiger charge is 2.24. The van der Waals surface area contributed by atoms with E-state index in [2.05, 4.69) is 5.32 Å². The number of nitro groups is 1. The van der Waals surface area contributed by atoms with Crippen LogP contribution in [0.2, 0.25) is 0 Å². The molecule has 0 saturated carbocycles. The second-order valence-corrected chi connectivity index (χ2v) is 5.16. The number of phenols is 1. The third-order valence-corrected chi connectivity index (χ3v) is 3.91. The van der Waals surface area contributed by atoms with E-state index in [1.165, 1.54) is 12.1 Å². The standard InChI is InChI=1S/C11H12N2O4S/c14-10-2-1-8(13(16)17)5-9(10)12-11(15)7-3-4-18-6-7/h1-2,5,7,14H,3-4,6H2,(H,12,15). The van der Waals surface area contributed by atoms with Crippen molar-refractivity contribution in [3.8, 4) is 5.75 Å². The number of nitro benzene ring substituents is 1. The van der Waals surface area contributed by atoms with Crippen molar-refractivity contribution in [2.75, 3.05) is 16.8 Å². The summed E-state index contributed by atoms with van der Waals surface area (Å²) in [5, 5.41) is 22.7. The number of nitrogens with one attached hydrogen (secondary N) is 1. The number of amides is 1. The molecule has 18 heavy (non-hydrogen) atoms. The molecule has 1 aromatic rings. The number of phenolic OH excluding ortho intramolecular Hbond substituents is 1. The van der Waals surface area contributed by atoms with Crippen LogP contribution in [0.15, 0.2) is 18.2 Å². The molecule has 0 spiro atoms. The molecule has 1 heterocycles. The summed E-state index contributed by atoms with van der Waals surface area (Å²) in [6, 6.07) is 3.56. The molecule has 2 rings (SSSR count). The van der Waals surface area contributed by atoms with Crippen molar-refractivity contribution >= 4 is 29.0 Å². The summed E-state index contributed by atoms with van der Waals surface area (Å²) < 4.78 is 0. The molecule has 0 aliphatic carbocycles. The Balaban J connectivity index is 2.14. The average molecular weight is 268 g/mol. The van der Waals surface area contributed by atoms with E-state index in [0.29, 0.717) is 0 Å². The number of aromatic hydroxyl groups is 1. The van der Waals surface area contributed by atoms with Gasteiger partial charge in [0.25, 0.3) is 5.69 Å². The Labute approximate surface area is 108 Å². The number of anilines is 1. The van der Waals surface area contributed by atoms with Gasteiger partial charge in [-0.25, -0.2) is 0 Å². The molecule has 96 valence electrons. The molecule has 1 amide bonds. The molecule has 2 N–H and O–H groups in total. The number of non-ortho nitro benzene ring substituents is 1. The highest BCUT2D eigenvalue weighted by Crippen LogP contribution is 2.30. The van der Waals surface area contributed by atoms with E-state index in [1.807, 2.05) is 0 Å². The molecule has 1 aliphatic heterocycles. The molecule has 1 unspecified atom stereocenters. The molecular weight excluding hydrogens is 256 g/mol. The largest absolute Gasteiger partial charge is 0.506 e. The molecule has 0 aromatic heterocycles. The van der Waals surface area contributed by atoms with Crippen LogP contribution in [-0.2, 0) is 4.79 Å². The Morgan fingerprint density at radius 2 is 2.33 bits per heavy atom. The highest BCUT2D eigenvalue weighted by molar-refractivity contribution is 7.99. The number of thioether (sulfide) groups is 1. The van der Waals surface area contributed by atoms with Gasteiger partial charge in [0.15, 0.2) is 0 Å². The summed E-state index contributed by atoms with van der Waals surface area (Å²) in [5.74, 6) is 1.24. The number of hydrogen-bond acceptors (Lipinski definition) is 5. The number of benzene rings is 1. The quantitative estimate of drug-likeness (QED) is 0.497. The summed E-state index contributed by atoms with van der Waals surface area (Å²) >= 11 is 1.70. The van der Waals surface area contributed by atoms with E-state index < -0.39 is 4.92 Å². The van der Waals surface area contributed by atoms with E-state index >= 15 is 0 Å². The number of carbonyl (C=O) groups is 1. The molecule has 0 radical (unpaired) electrons. The highest BCUT2D eigenvalue weighted by atomic mass is 32.2. The third kappa shape index (κ3) is 2.73. The molecule has 0 bridgehead atoms. The summed E-state index contributed by atoms with van der Waals surface area (Å²) in [5.41, 5.74) is -0.0741. The lowest BCUT2D eigenvalue weighted by atomic mass is 10.1. The SMILES string of the molecule is O=C(Nc1cc([N+](=O)[O-])ccc1O)C1CCSC1. The summed E-state index contributed by atoms with van der Waals surface area (Å²) in [7, 11) is 0. The van der Waals surface area contributed by atoms with Crippen LogP contribution in [-0.4, -0.2) is 27.4 Å². The van der Waals surface area contributed by atoms with Gasteiger partial charge in [-0.2, -0.15) is 11.8 Å². The van der Waals surface area contributed by atoms with Gasteiger partial charge in [-0.3, -0.25) is 14.9 Å². The number of carbonyl (C=O) groups excluding carboxylic acids is 1. The minimum absolute atomic E-state index is 0.0890. The van der Waals surface area contributed by atoms with Crippen molar-refractivity contribution in [1.29, 1.82) is 0 Å². The molecular formula is C11H12N2O4S. The van der Waals surface area contributed by atoms with Crippen molar-refractivity contribution in [3.63, 3.8) is 0 Å². The van der Waals surface area contributed by atoms with E-state index in [4.69, 9.17) is 0 Å². The van der Waals surface area contributed by atoms with Crippen LogP contribution < -0.4 is 5.32 Å². The van der Waals surface area contributed by atoms with Crippen LogP contribution in [0, 0.1) is 16.0 Å². The minimum atomic E-state index is -0.569. The molecule has 1 atom stereocenters. The topological polar surface area (TPSA) is 92.5 Å². The van der Waals surface area contributed by atoms with E-state index in [0.717, 1.165) is 24.0 Å². The van der Waals surface area contributed by atoms with Crippen LogP contribution >= 0.6 is 11.8 Å². The van der Waals surface area contributed by atoms with Gasteiger partial charge in [0.2, 0.25) is 5.91 Å². The van der Waals surface area contributed by atoms with Crippen molar-refractivity contribution < 1.29 is 14.8 Å². The Kier molecular flexibility index (Phi) is 3.71. The van der Waals surface area contributed by atoms with Gasteiger partial charge in [0.05, 0.1) is 10.6 Å². The second-order valence-electron chi connectivity index (χ2n) is 4.01. The maximum atomic E-state index is 11.8. The van der Waals surface area contributed by atoms with Gasteiger partial charge in [-0.05, 0) is 18.2 Å². The van der Waals surface area contributed by atoms with Gasteiger partial charge in [-0.15, -0.1) is 0 Å². The van der Waals surface area contributed by atoms with Crippen LogP contribution in [0.1, 0.15) is 6.42 Å². The van der Waals surface area contributed by atoms with Crippen LogP contribution in [0.3, 0.4) is 0 Å². The van der Waals surface area contributed by atoms with E-state index in [9.17, 15) is 20.0 Å². The first-order valence-corrected chi connectivity index (χ1v) is 6.59. The molecule has 1 aliphatic rings. The Hall–Kier alpha value is -1.76. The van der Waals surface area contributed by atoms with Crippen LogP contribution in [0.25, 0.3) is 0 Å².